The van der Waals surface area contributed by atoms with Gasteiger partial charge in [-0.25, -0.2) is 13.1 Å². The summed E-state index contributed by atoms with van der Waals surface area (Å²) in [6.45, 7) is 1.95. The summed E-state index contributed by atoms with van der Waals surface area (Å²) in [4.78, 5) is 11.7. The number of nitrogens with one attached hydrogen (secondary N) is 2. The Morgan fingerprint density at radius 1 is 1.08 bits per heavy atom. The van der Waals surface area contributed by atoms with Gasteiger partial charge in [0.25, 0.3) is 0 Å². The summed E-state index contributed by atoms with van der Waals surface area (Å²) >= 11 is 0. The standard InChI is InChI=1S/C17H20N2O4S/c1-13-7-9-15(10-8-13)23-16-6-4-3-5-14(16)11-18-17(20)12-19-24(2,21)22/h3-10,19H,11-12H2,1-2H3,(H,18,20). The predicted octanol–water partition coefficient (Wildman–Crippen LogP) is 1.95. The van der Waals surface area contributed by atoms with Crippen LogP contribution in [0.4, 0.5) is 0 Å². The van der Waals surface area contributed by atoms with Gasteiger partial charge in [-0.3, -0.25) is 4.79 Å². The van der Waals surface area contributed by atoms with E-state index in [9.17, 15) is 13.2 Å². The lowest BCUT2D eigenvalue weighted by Crippen LogP contribution is -2.36. The molecule has 0 bridgehead atoms. The van der Waals surface area contributed by atoms with Crippen molar-refractivity contribution in [3.05, 3.63) is 59.7 Å². The molecular weight excluding hydrogens is 328 g/mol. The summed E-state index contributed by atoms with van der Waals surface area (Å²) in [5, 5.41) is 2.66. The van der Waals surface area contributed by atoms with Crippen LogP contribution in [0.5, 0.6) is 11.5 Å². The minimum atomic E-state index is -3.39. The summed E-state index contributed by atoms with van der Waals surface area (Å²) in [7, 11) is -3.39. The van der Waals surface area contributed by atoms with Crippen molar-refractivity contribution in [2.24, 2.45) is 0 Å². The van der Waals surface area contributed by atoms with E-state index in [1.54, 1.807) is 0 Å². The van der Waals surface area contributed by atoms with Crippen LogP contribution in [0.25, 0.3) is 0 Å². The van der Waals surface area contributed by atoms with E-state index in [2.05, 4.69) is 10.0 Å². The van der Waals surface area contributed by atoms with Crippen molar-refractivity contribution in [2.75, 3.05) is 12.8 Å². The summed E-state index contributed by atoms with van der Waals surface area (Å²) in [6, 6.07) is 15.0. The lowest BCUT2D eigenvalue weighted by molar-refractivity contribution is -0.120. The third-order valence-electron chi connectivity index (χ3n) is 3.19. The zero-order valence-corrected chi connectivity index (χ0v) is 14.4. The van der Waals surface area contributed by atoms with Crippen LogP contribution in [0.15, 0.2) is 48.5 Å². The zero-order chi connectivity index (χ0) is 17.6. The molecule has 0 aromatic heterocycles. The van der Waals surface area contributed by atoms with Crippen molar-refractivity contribution in [3.63, 3.8) is 0 Å². The first-order chi connectivity index (χ1) is 11.3. The Morgan fingerprint density at radius 3 is 2.42 bits per heavy atom. The molecule has 0 aliphatic heterocycles. The molecule has 0 atom stereocenters. The number of rotatable bonds is 7. The fraction of sp³-hybridized carbons (Fsp3) is 0.235. The molecule has 0 radical (unpaired) electrons. The van der Waals surface area contributed by atoms with Crippen molar-refractivity contribution in [2.45, 2.75) is 13.5 Å². The van der Waals surface area contributed by atoms with E-state index in [0.717, 1.165) is 17.4 Å². The van der Waals surface area contributed by atoms with Crippen molar-refractivity contribution in [1.29, 1.82) is 0 Å². The molecule has 0 saturated carbocycles. The number of sulfonamides is 1. The van der Waals surface area contributed by atoms with Crippen LogP contribution in [-0.2, 0) is 21.4 Å². The maximum absolute atomic E-state index is 11.7. The van der Waals surface area contributed by atoms with E-state index in [0.29, 0.717) is 11.5 Å². The minimum absolute atomic E-state index is 0.242. The molecule has 0 spiro atoms. The molecule has 2 N–H and O–H groups in total. The highest BCUT2D eigenvalue weighted by atomic mass is 32.2. The molecule has 0 aliphatic rings. The van der Waals surface area contributed by atoms with Gasteiger partial charge in [0, 0.05) is 12.1 Å². The number of hydrogen-bond donors (Lipinski definition) is 2. The van der Waals surface area contributed by atoms with E-state index in [1.807, 2.05) is 55.5 Å². The summed E-state index contributed by atoms with van der Waals surface area (Å²) < 4.78 is 30.0. The largest absolute Gasteiger partial charge is 0.457 e. The van der Waals surface area contributed by atoms with E-state index < -0.39 is 15.9 Å². The van der Waals surface area contributed by atoms with Gasteiger partial charge in [0.1, 0.15) is 11.5 Å². The fourth-order valence-corrected chi connectivity index (χ4v) is 2.33. The average Bonchev–Trinajstić information content (AvgIpc) is 2.53. The lowest BCUT2D eigenvalue weighted by atomic mass is 10.2. The van der Waals surface area contributed by atoms with Gasteiger partial charge >= 0.3 is 0 Å². The maximum Gasteiger partial charge on any atom is 0.235 e. The van der Waals surface area contributed by atoms with E-state index in [1.165, 1.54) is 0 Å². The average molecular weight is 348 g/mol. The number of para-hydroxylation sites is 1. The van der Waals surface area contributed by atoms with Crippen molar-refractivity contribution >= 4 is 15.9 Å². The molecule has 2 aromatic carbocycles. The molecule has 0 fully saturated rings. The maximum atomic E-state index is 11.7. The van der Waals surface area contributed by atoms with Crippen molar-refractivity contribution < 1.29 is 17.9 Å². The van der Waals surface area contributed by atoms with Crippen molar-refractivity contribution in [1.82, 2.24) is 10.0 Å². The Balaban J connectivity index is 1.98. The molecule has 128 valence electrons. The Bertz CT molecular complexity index is 802. The van der Waals surface area contributed by atoms with Crippen LogP contribution in [-0.4, -0.2) is 27.1 Å². The monoisotopic (exact) mass is 348 g/mol. The number of ether oxygens (including phenoxy) is 1. The van der Waals surface area contributed by atoms with E-state index >= 15 is 0 Å². The molecule has 0 aliphatic carbocycles. The first kappa shape index (κ1) is 18.0. The number of carbonyl (C=O) groups excluding carboxylic acids is 1. The number of amides is 1. The number of hydrogen-bond acceptors (Lipinski definition) is 4. The lowest BCUT2D eigenvalue weighted by Gasteiger charge is -2.12. The zero-order valence-electron chi connectivity index (χ0n) is 13.6. The van der Waals surface area contributed by atoms with Gasteiger partial charge in [0.2, 0.25) is 15.9 Å². The number of benzene rings is 2. The first-order valence-corrected chi connectivity index (χ1v) is 9.26. The Labute approximate surface area is 141 Å². The highest BCUT2D eigenvalue weighted by Gasteiger charge is 2.09. The first-order valence-electron chi connectivity index (χ1n) is 7.37. The van der Waals surface area contributed by atoms with Gasteiger partial charge in [-0.1, -0.05) is 35.9 Å². The van der Waals surface area contributed by atoms with Gasteiger partial charge in [-0.2, -0.15) is 0 Å². The van der Waals surface area contributed by atoms with Crippen LogP contribution in [0.1, 0.15) is 11.1 Å². The van der Waals surface area contributed by atoms with Crippen LogP contribution < -0.4 is 14.8 Å². The summed E-state index contributed by atoms with van der Waals surface area (Å²) in [5.74, 6) is 0.932. The smallest absolute Gasteiger partial charge is 0.235 e. The second-order valence-corrected chi connectivity index (χ2v) is 7.23. The molecule has 0 saturated heterocycles. The van der Waals surface area contributed by atoms with Crippen molar-refractivity contribution in [3.8, 4) is 11.5 Å². The quantitative estimate of drug-likeness (QED) is 0.801. The molecular formula is C17H20N2O4S. The molecule has 2 aromatic rings. The highest BCUT2D eigenvalue weighted by molar-refractivity contribution is 7.88. The van der Waals surface area contributed by atoms with Gasteiger partial charge in [0.15, 0.2) is 0 Å². The van der Waals surface area contributed by atoms with Crippen LogP contribution in [0, 0.1) is 6.92 Å². The molecule has 7 heteroatoms. The van der Waals surface area contributed by atoms with Gasteiger partial charge in [-0.05, 0) is 25.1 Å². The van der Waals surface area contributed by atoms with Gasteiger partial charge in [-0.15, -0.1) is 0 Å². The summed E-state index contributed by atoms with van der Waals surface area (Å²) in [5.41, 5.74) is 1.94. The molecule has 1 amide bonds. The van der Waals surface area contributed by atoms with Gasteiger partial charge in [0.05, 0.1) is 12.8 Å². The Hall–Kier alpha value is -2.38. The number of carbonyl (C=O) groups is 1. The molecule has 2 rings (SSSR count). The Morgan fingerprint density at radius 2 is 1.75 bits per heavy atom. The highest BCUT2D eigenvalue weighted by Crippen LogP contribution is 2.25. The predicted molar refractivity (Wildman–Crippen MR) is 92.4 cm³/mol. The topological polar surface area (TPSA) is 84.5 Å². The third-order valence-corrected chi connectivity index (χ3v) is 3.86. The van der Waals surface area contributed by atoms with Gasteiger partial charge < -0.3 is 10.1 Å². The minimum Gasteiger partial charge on any atom is -0.457 e. The molecule has 0 heterocycles. The second kappa shape index (κ2) is 7.94. The molecule has 24 heavy (non-hydrogen) atoms. The van der Waals surface area contributed by atoms with Crippen LogP contribution >= 0.6 is 0 Å². The SMILES string of the molecule is Cc1ccc(Oc2ccccc2CNC(=O)CNS(C)(=O)=O)cc1. The molecule has 6 nitrogen and oxygen atoms in total. The Kier molecular flexibility index (Phi) is 5.94. The molecule has 0 unspecified atom stereocenters. The van der Waals surface area contributed by atoms with E-state index in [4.69, 9.17) is 4.74 Å². The fourth-order valence-electron chi connectivity index (χ4n) is 1.94. The normalized spacial score (nSPS) is 11.1. The second-order valence-electron chi connectivity index (χ2n) is 5.39. The van der Waals surface area contributed by atoms with Crippen LogP contribution in [0.2, 0.25) is 0 Å². The van der Waals surface area contributed by atoms with E-state index in [-0.39, 0.29) is 13.1 Å². The third kappa shape index (κ3) is 6.02. The number of aryl methyl sites for hydroxylation is 1. The van der Waals surface area contributed by atoms with Crippen LogP contribution in [0.3, 0.4) is 0 Å². The summed E-state index contributed by atoms with van der Waals surface area (Å²) in [6.07, 6.45) is 1.00.